The van der Waals surface area contributed by atoms with E-state index < -0.39 is 18.1 Å². The monoisotopic (exact) mass is 476 g/mol. The van der Waals surface area contributed by atoms with Gasteiger partial charge in [-0.25, -0.2) is 9.59 Å². The fourth-order valence-electron chi connectivity index (χ4n) is 5.26. The van der Waals surface area contributed by atoms with Crippen LogP contribution in [-0.2, 0) is 14.3 Å². The van der Waals surface area contributed by atoms with Crippen LogP contribution in [0.2, 0.25) is 0 Å². The van der Waals surface area contributed by atoms with Crippen LogP contribution in [-0.4, -0.2) is 41.8 Å². The van der Waals surface area contributed by atoms with E-state index in [-0.39, 0.29) is 36.8 Å². The van der Waals surface area contributed by atoms with Gasteiger partial charge in [0.2, 0.25) is 5.91 Å². The van der Waals surface area contributed by atoms with E-state index in [9.17, 15) is 19.5 Å². The number of ether oxygens (including phenoxy) is 1. The molecule has 0 aliphatic heterocycles. The zero-order valence-electron chi connectivity index (χ0n) is 19.7. The highest BCUT2D eigenvalue weighted by Gasteiger charge is 2.31. The molecule has 35 heavy (non-hydrogen) atoms. The van der Waals surface area contributed by atoms with Gasteiger partial charge in [-0.1, -0.05) is 54.6 Å². The molecule has 1 saturated carbocycles. The standard InChI is InChI=1S/C28H32N2O5/c1-2-3-12-25(27(32)33)30-26(31)16-18-13-14-19(15-18)29-28(34)35-17-24-22-10-6-4-8-20(22)21-9-5-7-11-23(21)24/h2,4-11,18-19,24-25H,1,3,12-17H2,(H,29,34)(H,30,31)(H,32,33)/t18-,19+,25?/m1/s1. The smallest absolute Gasteiger partial charge is 0.407 e. The highest BCUT2D eigenvalue weighted by Crippen LogP contribution is 2.44. The minimum Gasteiger partial charge on any atom is -0.480 e. The molecule has 4 rings (SSSR count). The normalized spacial score (nSPS) is 19.3. The Bertz CT molecular complexity index is 1050. The van der Waals surface area contributed by atoms with Gasteiger partial charge in [-0.05, 0) is 60.3 Å². The second kappa shape index (κ2) is 11.2. The summed E-state index contributed by atoms with van der Waals surface area (Å²) in [7, 11) is 0. The first-order valence-electron chi connectivity index (χ1n) is 12.2. The maximum Gasteiger partial charge on any atom is 0.407 e. The average molecular weight is 477 g/mol. The highest BCUT2D eigenvalue weighted by molar-refractivity contribution is 5.83. The lowest BCUT2D eigenvalue weighted by Crippen LogP contribution is -2.41. The number of alkyl carbamates (subject to hydrolysis) is 1. The predicted octanol–water partition coefficient (Wildman–Crippen LogP) is 4.62. The van der Waals surface area contributed by atoms with Crippen LogP contribution in [0.3, 0.4) is 0 Å². The highest BCUT2D eigenvalue weighted by atomic mass is 16.5. The summed E-state index contributed by atoms with van der Waals surface area (Å²) in [6.45, 7) is 3.85. The van der Waals surface area contributed by atoms with Crippen LogP contribution >= 0.6 is 0 Å². The van der Waals surface area contributed by atoms with Crippen molar-refractivity contribution in [2.75, 3.05) is 6.61 Å². The minimum absolute atomic E-state index is 0.0106. The molecule has 3 N–H and O–H groups in total. The van der Waals surface area contributed by atoms with E-state index in [2.05, 4.69) is 41.5 Å². The van der Waals surface area contributed by atoms with Crippen molar-refractivity contribution in [2.24, 2.45) is 5.92 Å². The number of fused-ring (bicyclic) bond motifs is 3. The molecule has 0 bridgehead atoms. The molecule has 0 radical (unpaired) electrons. The lowest BCUT2D eigenvalue weighted by atomic mass is 9.98. The van der Waals surface area contributed by atoms with Crippen LogP contribution < -0.4 is 10.6 Å². The lowest BCUT2D eigenvalue weighted by molar-refractivity contribution is -0.142. The Morgan fingerprint density at radius 2 is 1.71 bits per heavy atom. The van der Waals surface area contributed by atoms with E-state index in [0.717, 1.165) is 12.8 Å². The van der Waals surface area contributed by atoms with Crippen LogP contribution in [0, 0.1) is 5.92 Å². The number of benzene rings is 2. The third-order valence-electron chi connectivity index (χ3n) is 6.97. The minimum atomic E-state index is -1.04. The summed E-state index contributed by atoms with van der Waals surface area (Å²) in [6.07, 6.45) is 4.51. The van der Waals surface area contributed by atoms with Crippen LogP contribution in [0.1, 0.15) is 55.6 Å². The molecule has 2 aromatic carbocycles. The number of nitrogens with one attached hydrogen (secondary N) is 2. The van der Waals surface area contributed by atoms with Crippen molar-refractivity contribution in [2.45, 2.75) is 56.5 Å². The van der Waals surface area contributed by atoms with Gasteiger partial charge in [0.1, 0.15) is 12.6 Å². The Balaban J connectivity index is 1.24. The Labute approximate surface area is 205 Å². The summed E-state index contributed by atoms with van der Waals surface area (Å²) in [5.74, 6) is -1.20. The number of amides is 2. The Kier molecular flexibility index (Phi) is 7.85. The van der Waals surface area contributed by atoms with Crippen LogP contribution in [0.5, 0.6) is 0 Å². The van der Waals surface area contributed by atoms with Gasteiger partial charge < -0.3 is 20.5 Å². The van der Waals surface area contributed by atoms with Gasteiger partial charge in [-0.15, -0.1) is 6.58 Å². The largest absolute Gasteiger partial charge is 0.480 e. The molecule has 7 heteroatoms. The molecular weight excluding hydrogens is 444 g/mol. The molecule has 2 aliphatic rings. The molecule has 2 aliphatic carbocycles. The number of carboxylic acid groups (broad SMARTS) is 1. The molecule has 1 unspecified atom stereocenters. The molecule has 0 spiro atoms. The second-order valence-corrected chi connectivity index (χ2v) is 9.37. The van der Waals surface area contributed by atoms with E-state index in [1.807, 2.05) is 24.3 Å². The summed E-state index contributed by atoms with van der Waals surface area (Å²) in [5.41, 5.74) is 4.70. The van der Waals surface area contributed by atoms with E-state index in [1.165, 1.54) is 22.3 Å². The molecule has 0 aromatic heterocycles. The van der Waals surface area contributed by atoms with Crippen LogP contribution in [0.25, 0.3) is 11.1 Å². The molecule has 1 fully saturated rings. The second-order valence-electron chi connectivity index (χ2n) is 9.37. The van der Waals surface area contributed by atoms with Gasteiger partial charge in [0, 0.05) is 18.4 Å². The fourth-order valence-corrected chi connectivity index (χ4v) is 5.26. The number of hydrogen-bond acceptors (Lipinski definition) is 4. The van der Waals surface area contributed by atoms with Gasteiger partial charge in [0.15, 0.2) is 0 Å². The number of carbonyl (C=O) groups is 3. The third kappa shape index (κ3) is 5.91. The molecular formula is C28H32N2O5. The average Bonchev–Trinajstić information content (AvgIpc) is 3.41. The molecule has 184 valence electrons. The maximum absolute atomic E-state index is 12.5. The van der Waals surface area contributed by atoms with Gasteiger partial charge in [0.05, 0.1) is 0 Å². The van der Waals surface area contributed by atoms with Crippen molar-refractivity contribution in [3.05, 3.63) is 72.3 Å². The molecule has 7 nitrogen and oxygen atoms in total. The zero-order valence-corrected chi connectivity index (χ0v) is 19.7. The number of rotatable bonds is 10. The number of aliphatic carboxylic acids is 1. The van der Waals surface area contributed by atoms with Gasteiger partial charge in [-0.2, -0.15) is 0 Å². The number of hydrogen-bond donors (Lipinski definition) is 3. The van der Waals surface area contributed by atoms with Gasteiger partial charge in [-0.3, -0.25) is 4.79 Å². The van der Waals surface area contributed by atoms with Crippen molar-refractivity contribution in [3.63, 3.8) is 0 Å². The van der Waals surface area contributed by atoms with Crippen molar-refractivity contribution < 1.29 is 24.2 Å². The SMILES string of the molecule is C=CCCC(NC(=O)C[C@@H]1CC[C@H](NC(=O)OCC2c3ccccc3-c3ccccc32)C1)C(=O)O. The molecule has 0 saturated heterocycles. The van der Waals surface area contributed by atoms with E-state index in [4.69, 9.17) is 4.74 Å². The van der Waals surface area contributed by atoms with Crippen molar-refractivity contribution >= 4 is 18.0 Å². The van der Waals surface area contributed by atoms with Crippen molar-refractivity contribution in [3.8, 4) is 11.1 Å². The molecule has 2 aromatic rings. The molecule has 0 heterocycles. The number of allylic oxidation sites excluding steroid dienone is 1. The van der Waals surface area contributed by atoms with E-state index in [1.54, 1.807) is 6.08 Å². The lowest BCUT2D eigenvalue weighted by Gasteiger charge is -2.17. The predicted molar refractivity (Wildman–Crippen MR) is 133 cm³/mol. The summed E-state index contributed by atoms with van der Waals surface area (Å²) >= 11 is 0. The summed E-state index contributed by atoms with van der Waals surface area (Å²) in [5, 5.41) is 14.8. The van der Waals surface area contributed by atoms with Gasteiger partial charge in [0.25, 0.3) is 0 Å². The zero-order chi connectivity index (χ0) is 24.8. The molecule has 3 atom stereocenters. The first kappa shape index (κ1) is 24.5. The Morgan fingerprint density at radius 3 is 2.34 bits per heavy atom. The summed E-state index contributed by atoms with van der Waals surface area (Å²) in [6, 6.07) is 15.4. The van der Waals surface area contributed by atoms with Gasteiger partial charge >= 0.3 is 12.1 Å². The van der Waals surface area contributed by atoms with E-state index in [0.29, 0.717) is 19.3 Å². The Hall–Kier alpha value is -3.61. The first-order chi connectivity index (χ1) is 17.0. The molecule has 2 amide bonds. The summed E-state index contributed by atoms with van der Waals surface area (Å²) in [4.78, 5) is 36.2. The van der Waals surface area contributed by atoms with Crippen molar-refractivity contribution in [1.29, 1.82) is 0 Å². The quantitative estimate of drug-likeness (QED) is 0.434. The fraction of sp³-hybridized carbons (Fsp3) is 0.393. The topological polar surface area (TPSA) is 105 Å². The van der Waals surface area contributed by atoms with Crippen LogP contribution in [0.4, 0.5) is 4.79 Å². The first-order valence-corrected chi connectivity index (χ1v) is 12.2. The third-order valence-corrected chi connectivity index (χ3v) is 6.97. The van der Waals surface area contributed by atoms with E-state index >= 15 is 0 Å². The maximum atomic E-state index is 12.5. The van der Waals surface area contributed by atoms with Crippen molar-refractivity contribution in [1.82, 2.24) is 10.6 Å². The Morgan fingerprint density at radius 1 is 1.06 bits per heavy atom. The summed E-state index contributed by atoms with van der Waals surface area (Å²) < 4.78 is 5.63. The number of carbonyl (C=O) groups excluding carboxylic acids is 2. The van der Waals surface area contributed by atoms with Crippen LogP contribution in [0.15, 0.2) is 61.2 Å². The number of carboxylic acids is 1.